The minimum absolute atomic E-state index is 0.0677. The molecular weight excluding hydrogens is 312 g/mol. The monoisotopic (exact) mass is 322 g/mol. The number of nitriles is 1. The Kier molecular flexibility index (Phi) is 3.95. The molecule has 1 aromatic carbocycles. The van der Waals surface area contributed by atoms with Gasteiger partial charge < -0.3 is 0 Å². The quantitative estimate of drug-likeness (QED) is 0.667. The first-order valence-electron chi connectivity index (χ1n) is 5.92. The number of rotatable bonds is 5. The average molecular weight is 322 g/mol. The molecule has 1 aliphatic carbocycles. The van der Waals surface area contributed by atoms with E-state index >= 15 is 0 Å². The van der Waals surface area contributed by atoms with Crippen molar-refractivity contribution in [3.63, 3.8) is 0 Å². The Morgan fingerprint density at radius 2 is 1.71 bits per heavy atom. The molecule has 0 bridgehead atoms. The first-order chi connectivity index (χ1) is 9.72. The van der Waals surface area contributed by atoms with Crippen LogP contribution in [0.2, 0.25) is 0 Å². The summed E-state index contributed by atoms with van der Waals surface area (Å²) in [4.78, 5) is -1.69. The summed E-state index contributed by atoms with van der Waals surface area (Å²) in [7, 11) is -4.77. The highest BCUT2D eigenvalue weighted by Crippen LogP contribution is 2.48. The van der Waals surface area contributed by atoms with Gasteiger partial charge in [0.25, 0.3) is 0 Å². The van der Waals surface area contributed by atoms with Crippen LogP contribution in [-0.2, 0) is 10.0 Å². The number of sulfonamides is 1. The van der Waals surface area contributed by atoms with Crippen molar-refractivity contribution in [2.24, 2.45) is 5.41 Å². The van der Waals surface area contributed by atoms with Gasteiger partial charge in [-0.2, -0.15) is 5.26 Å². The average Bonchev–Trinajstić information content (AvgIpc) is 3.15. The summed E-state index contributed by atoms with van der Waals surface area (Å²) in [6, 6.07) is 1.82. The number of nitrogens with zero attached hydrogens (tertiary/aromatic N) is 1. The van der Waals surface area contributed by atoms with E-state index < -0.39 is 43.6 Å². The number of nitrogens with one attached hydrogen (secondary N) is 1. The van der Waals surface area contributed by atoms with Crippen molar-refractivity contribution >= 4 is 10.0 Å². The van der Waals surface area contributed by atoms with Crippen molar-refractivity contribution in [2.75, 3.05) is 6.54 Å². The highest BCUT2D eigenvalue weighted by atomic mass is 32.2. The van der Waals surface area contributed by atoms with E-state index in [4.69, 9.17) is 5.26 Å². The van der Waals surface area contributed by atoms with Crippen LogP contribution in [0.15, 0.2) is 11.0 Å². The number of hydrogen-bond donors (Lipinski definition) is 1. The van der Waals surface area contributed by atoms with E-state index in [9.17, 15) is 26.0 Å². The molecule has 0 amide bonds. The van der Waals surface area contributed by atoms with Crippen LogP contribution in [0.1, 0.15) is 19.3 Å². The van der Waals surface area contributed by atoms with Gasteiger partial charge in [0.15, 0.2) is 28.2 Å². The summed E-state index contributed by atoms with van der Waals surface area (Å²) in [6.45, 7) is -0.222. The van der Waals surface area contributed by atoms with E-state index in [1.807, 2.05) is 10.8 Å². The van der Waals surface area contributed by atoms with Crippen LogP contribution >= 0.6 is 0 Å². The number of hydrogen-bond acceptors (Lipinski definition) is 3. The zero-order valence-corrected chi connectivity index (χ0v) is 11.4. The van der Waals surface area contributed by atoms with Gasteiger partial charge in [-0.25, -0.2) is 30.7 Å². The van der Waals surface area contributed by atoms with Crippen LogP contribution in [0.25, 0.3) is 0 Å². The predicted octanol–water partition coefficient (Wildman–Crippen LogP) is 2.22. The number of halogens is 4. The maximum Gasteiger partial charge on any atom is 0.246 e. The lowest BCUT2D eigenvalue weighted by Crippen LogP contribution is -2.32. The lowest BCUT2D eigenvalue weighted by Gasteiger charge is -2.14. The molecule has 0 aromatic heterocycles. The minimum Gasteiger partial charge on any atom is -0.210 e. The molecule has 0 heterocycles. The van der Waals surface area contributed by atoms with E-state index in [2.05, 4.69) is 0 Å². The fraction of sp³-hybridized carbons (Fsp3) is 0.417. The first kappa shape index (κ1) is 15.7. The van der Waals surface area contributed by atoms with Crippen molar-refractivity contribution in [3.8, 4) is 6.07 Å². The topological polar surface area (TPSA) is 70.0 Å². The fourth-order valence-electron chi connectivity index (χ4n) is 1.87. The van der Waals surface area contributed by atoms with E-state index in [1.54, 1.807) is 0 Å². The fourth-order valence-corrected chi connectivity index (χ4v) is 3.18. The molecular formula is C12H10F4N2O2S. The van der Waals surface area contributed by atoms with Gasteiger partial charge in [-0.1, -0.05) is 0 Å². The molecule has 1 N–H and O–H groups in total. The molecule has 1 saturated carbocycles. The largest absolute Gasteiger partial charge is 0.246 e. The summed E-state index contributed by atoms with van der Waals surface area (Å²) in [5.74, 6) is -7.56. The Hall–Kier alpha value is -1.66. The van der Waals surface area contributed by atoms with Crippen LogP contribution in [0.5, 0.6) is 0 Å². The van der Waals surface area contributed by atoms with Gasteiger partial charge in [-0.05, 0) is 18.3 Å². The summed E-state index contributed by atoms with van der Waals surface area (Å²) in [6.07, 6.45) is 1.26. The number of benzene rings is 1. The molecule has 1 aromatic rings. The van der Waals surface area contributed by atoms with Gasteiger partial charge >= 0.3 is 0 Å². The van der Waals surface area contributed by atoms with Gasteiger partial charge in [0.2, 0.25) is 10.0 Å². The lowest BCUT2D eigenvalue weighted by atomic mass is 10.1. The third kappa shape index (κ3) is 3.01. The third-order valence-electron chi connectivity index (χ3n) is 3.39. The molecule has 2 rings (SSSR count). The Morgan fingerprint density at radius 3 is 2.14 bits per heavy atom. The van der Waals surface area contributed by atoms with Crippen molar-refractivity contribution in [2.45, 2.75) is 24.2 Å². The molecule has 0 radical (unpaired) electrons. The zero-order chi connectivity index (χ0) is 15.8. The molecule has 0 unspecified atom stereocenters. The molecule has 0 aliphatic heterocycles. The Morgan fingerprint density at radius 1 is 1.19 bits per heavy atom. The van der Waals surface area contributed by atoms with Crippen LogP contribution in [0.4, 0.5) is 17.6 Å². The van der Waals surface area contributed by atoms with E-state index in [0.717, 1.165) is 0 Å². The summed E-state index contributed by atoms with van der Waals surface area (Å²) < 4.78 is 78.6. The van der Waals surface area contributed by atoms with E-state index in [0.29, 0.717) is 12.8 Å². The Bertz CT molecular complexity index is 698. The van der Waals surface area contributed by atoms with Crippen molar-refractivity contribution in [1.82, 2.24) is 4.72 Å². The third-order valence-corrected chi connectivity index (χ3v) is 4.81. The Balaban J connectivity index is 2.31. The molecule has 0 spiro atoms. The van der Waals surface area contributed by atoms with Gasteiger partial charge in [0, 0.05) is 19.0 Å². The molecule has 0 saturated heterocycles. The van der Waals surface area contributed by atoms with E-state index in [1.165, 1.54) is 0 Å². The summed E-state index contributed by atoms with van der Waals surface area (Å²) in [5, 5.41) is 8.60. The summed E-state index contributed by atoms with van der Waals surface area (Å²) in [5.41, 5.74) is -0.569. The molecule has 1 aliphatic rings. The maximum atomic E-state index is 13.5. The van der Waals surface area contributed by atoms with Crippen molar-refractivity contribution in [3.05, 3.63) is 29.3 Å². The van der Waals surface area contributed by atoms with Crippen LogP contribution < -0.4 is 4.72 Å². The first-order valence-corrected chi connectivity index (χ1v) is 7.40. The molecule has 21 heavy (non-hydrogen) atoms. The molecule has 1 fully saturated rings. The predicted molar refractivity (Wildman–Crippen MR) is 63.4 cm³/mol. The smallest absolute Gasteiger partial charge is 0.210 e. The minimum atomic E-state index is -4.77. The molecule has 114 valence electrons. The van der Waals surface area contributed by atoms with Crippen LogP contribution in [-0.4, -0.2) is 15.0 Å². The standard InChI is InChI=1S/C12H10F4N2O2S/c13-7-5-8(14)10(16)11(9(7)15)21(19,20)18-6-12(1-2-12)3-4-17/h5,18H,1-3,6H2. The Labute approximate surface area is 118 Å². The molecule has 9 heteroatoms. The van der Waals surface area contributed by atoms with Gasteiger partial charge in [0.05, 0.1) is 6.07 Å². The van der Waals surface area contributed by atoms with Crippen LogP contribution in [0.3, 0.4) is 0 Å². The normalized spacial score (nSPS) is 16.5. The molecule has 0 atom stereocenters. The lowest BCUT2D eigenvalue weighted by molar-refractivity contribution is 0.416. The highest BCUT2D eigenvalue weighted by Gasteiger charge is 2.43. The second kappa shape index (κ2) is 5.27. The van der Waals surface area contributed by atoms with Gasteiger partial charge in [0.1, 0.15) is 0 Å². The van der Waals surface area contributed by atoms with E-state index in [-0.39, 0.29) is 19.0 Å². The second-order valence-electron chi connectivity index (χ2n) is 4.96. The van der Waals surface area contributed by atoms with Crippen molar-refractivity contribution < 1.29 is 26.0 Å². The second-order valence-corrected chi connectivity index (χ2v) is 6.66. The van der Waals surface area contributed by atoms with Gasteiger partial charge in [-0.3, -0.25) is 0 Å². The maximum absolute atomic E-state index is 13.5. The SMILES string of the molecule is N#CCC1(CNS(=O)(=O)c2c(F)c(F)cc(F)c2F)CC1. The highest BCUT2D eigenvalue weighted by molar-refractivity contribution is 7.89. The molecule has 4 nitrogen and oxygen atoms in total. The zero-order valence-electron chi connectivity index (χ0n) is 10.6. The summed E-state index contributed by atoms with van der Waals surface area (Å²) >= 11 is 0. The van der Waals surface area contributed by atoms with Crippen LogP contribution in [0, 0.1) is 40.0 Å². The van der Waals surface area contributed by atoms with Gasteiger partial charge in [-0.15, -0.1) is 0 Å². The van der Waals surface area contributed by atoms with Crippen molar-refractivity contribution in [1.29, 1.82) is 5.26 Å².